The Hall–Kier alpha value is -2.75. The van der Waals surface area contributed by atoms with Crippen LogP contribution in [0.15, 0.2) is 51.7 Å². The Balaban J connectivity index is 2.31. The summed E-state index contributed by atoms with van der Waals surface area (Å²) in [7, 11) is 1.60. The van der Waals surface area contributed by atoms with Gasteiger partial charge in [-0.15, -0.1) is 0 Å². The van der Waals surface area contributed by atoms with Gasteiger partial charge in [0.15, 0.2) is 0 Å². The predicted octanol–water partition coefficient (Wildman–Crippen LogP) is 3.74. The smallest absolute Gasteiger partial charge is 0.344 e. The molecule has 112 valence electrons. The Morgan fingerprint density at radius 1 is 1.14 bits per heavy atom. The molecule has 0 saturated heterocycles. The first-order chi connectivity index (χ1) is 10.6. The summed E-state index contributed by atoms with van der Waals surface area (Å²) in [5.41, 5.74) is 2.28. The first-order valence-electron chi connectivity index (χ1n) is 7.07. The van der Waals surface area contributed by atoms with Crippen molar-refractivity contribution >= 4 is 11.0 Å². The quantitative estimate of drug-likeness (QED) is 0.748. The monoisotopic (exact) mass is 296 g/mol. The normalized spacial score (nSPS) is 10.8. The summed E-state index contributed by atoms with van der Waals surface area (Å²) in [5.74, 6) is 0.876. The lowest BCUT2D eigenvalue weighted by Gasteiger charge is -2.11. The van der Waals surface area contributed by atoms with Gasteiger partial charge in [0.1, 0.15) is 17.1 Å². The van der Waals surface area contributed by atoms with Gasteiger partial charge in [0.2, 0.25) is 0 Å². The van der Waals surface area contributed by atoms with Crippen LogP contribution in [0.5, 0.6) is 11.5 Å². The van der Waals surface area contributed by atoms with Crippen LogP contribution in [-0.2, 0) is 6.42 Å². The number of hydrogen-bond acceptors (Lipinski definition) is 4. The van der Waals surface area contributed by atoms with E-state index in [1.807, 2.05) is 19.1 Å². The number of aromatic hydroxyl groups is 1. The van der Waals surface area contributed by atoms with E-state index in [1.54, 1.807) is 31.4 Å². The van der Waals surface area contributed by atoms with Gasteiger partial charge < -0.3 is 14.3 Å². The number of phenols is 1. The summed E-state index contributed by atoms with van der Waals surface area (Å²) in [6.07, 6.45) is 0.660. The number of methoxy groups -OCH3 is 1. The predicted molar refractivity (Wildman–Crippen MR) is 85.5 cm³/mol. The molecular weight excluding hydrogens is 280 g/mol. The molecule has 1 aromatic heterocycles. The number of benzene rings is 2. The minimum Gasteiger partial charge on any atom is -0.508 e. The van der Waals surface area contributed by atoms with Gasteiger partial charge in [-0.1, -0.05) is 19.1 Å². The Morgan fingerprint density at radius 3 is 2.50 bits per heavy atom. The summed E-state index contributed by atoms with van der Waals surface area (Å²) in [5, 5.41) is 10.5. The molecule has 0 aliphatic carbocycles. The minimum atomic E-state index is -0.375. The number of phenolic OH excluding ortho intramolecular Hbond substituents is 1. The van der Waals surface area contributed by atoms with Crippen molar-refractivity contribution in [3.63, 3.8) is 0 Å². The van der Waals surface area contributed by atoms with Crippen LogP contribution in [0.2, 0.25) is 0 Å². The fourth-order valence-electron chi connectivity index (χ4n) is 2.67. The molecule has 0 aliphatic heterocycles. The highest BCUT2D eigenvalue weighted by molar-refractivity contribution is 5.88. The van der Waals surface area contributed by atoms with Gasteiger partial charge in [0, 0.05) is 5.39 Å². The molecule has 2 aromatic carbocycles. The number of hydrogen-bond donors (Lipinski definition) is 1. The van der Waals surface area contributed by atoms with Crippen molar-refractivity contribution in [1.82, 2.24) is 0 Å². The van der Waals surface area contributed by atoms with Gasteiger partial charge in [-0.2, -0.15) is 0 Å². The van der Waals surface area contributed by atoms with E-state index in [4.69, 9.17) is 9.15 Å². The molecule has 4 nitrogen and oxygen atoms in total. The van der Waals surface area contributed by atoms with E-state index in [0.29, 0.717) is 17.6 Å². The maximum atomic E-state index is 12.4. The molecule has 0 spiro atoms. The maximum absolute atomic E-state index is 12.4. The molecule has 4 heteroatoms. The van der Waals surface area contributed by atoms with E-state index in [-0.39, 0.29) is 11.4 Å². The number of ether oxygens (including phenoxy) is 1. The van der Waals surface area contributed by atoms with Crippen LogP contribution >= 0.6 is 0 Å². The van der Waals surface area contributed by atoms with Gasteiger partial charge in [-0.05, 0) is 47.9 Å². The van der Waals surface area contributed by atoms with Crippen molar-refractivity contribution in [2.24, 2.45) is 0 Å². The van der Waals surface area contributed by atoms with Crippen molar-refractivity contribution in [3.05, 3.63) is 58.4 Å². The Labute approximate surface area is 127 Å². The standard InChI is InChI=1S/C18H16O4/c1-3-14-15-10-12(19)6-9-16(15)22-18(20)17(14)11-4-7-13(21-2)8-5-11/h4-10,19H,3H2,1-2H3. The summed E-state index contributed by atoms with van der Waals surface area (Å²) >= 11 is 0. The Morgan fingerprint density at radius 2 is 1.86 bits per heavy atom. The molecule has 3 rings (SSSR count). The highest BCUT2D eigenvalue weighted by Crippen LogP contribution is 2.30. The summed E-state index contributed by atoms with van der Waals surface area (Å²) in [4.78, 5) is 12.4. The second kappa shape index (κ2) is 5.56. The van der Waals surface area contributed by atoms with Crippen molar-refractivity contribution in [3.8, 4) is 22.6 Å². The van der Waals surface area contributed by atoms with Crippen molar-refractivity contribution in [1.29, 1.82) is 0 Å². The lowest BCUT2D eigenvalue weighted by atomic mass is 9.96. The molecule has 0 amide bonds. The average molecular weight is 296 g/mol. The number of fused-ring (bicyclic) bond motifs is 1. The van der Waals surface area contributed by atoms with Crippen LogP contribution in [0.4, 0.5) is 0 Å². The third-order valence-corrected chi connectivity index (χ3v) is 3.73. The summed E-state index contributed by atoms with van der Waals surface area (Å²) < 4.78 is 10.5. The van der Waals surface area contributed by atoms with Crippen molar-refractivity contribution < 1.29 is 14.3 Å². The van der Waals surface area contributed by atoms with Gasteiger partial charge in [0.25, 0.3) is 0 Å². The molecule has 22 heavy (non-hydrogen) atoms. The Kier molecular flexibility index (Phi) is 3.59. The lowest BCUT2D eigenvalue weighted by molar-refractivity contribution is 0.415. The van der Waals surface area contributed by atoms with E-state index in [9.17, 15) is 9.90 Å². The van der Waals surface area contributed by atoms with Crippen LogP contribution < -0.4 is 10.4 Å². The molecule has 0 atom stereocenters. The molecule has 0 radical (unpaired) electrons. The van der Waals surface area contributed by atoms with Crippen molar-refractivity contribution in [2.45, 2.75) is 13.3 Å². The second-order valence-corrected chi connectivity index (χ2v) is 5.01. The van der Waals surface area contributed by atoms with Crippen LogP contribution in [0.1, 0.15) is 12.5 Å². The summed E-state index contributed by atoms with van der Waals surface area (Å²) in [6.45, 7) is 1.98. The van der Waals surface area contributed by atoms with Crippen LogP contribution in [0, 0.1) is 0 Å². The van der Waals surface area contributed by atoms with Gasteiger partial charge in [-0.3, -0.25) is 0 Å². The zero-order valence-corrected chi connectivity index (χ0v) is 12.4. The van der Waals surface area contributed by atoms with Gasteiger partial charge >= 0.3 is 5.63 Å². The molecule has 0 aliphatic rings. The minimum absolute atomic E-state index is 0.150. The molecule has 0 bridgehead atoms. The third-order valence-electron chi connectivity index (χ3n) is 3.73. The SMILES string of the molecule is CCc1c(-c2ccc(OC)cc2)c(=O)oc2ccc(O)cc12. The topological polar surface area (TPSA) is 59.7 Å². The zero-order chi connectivity index (χ0) is 15.7. The van der Waals surface area contributed by atoms with Crippen molar-refractivity contribution in [2.75, 3.05) is 7.11 Å². The maximum Gasteiger partial charge on any atom is 0.344 e. The first kappa shape index (κ1) is 14.2. The first-order valence-corrected chi connectivity index (χ1v) is 7.07. The van der Waals surface area contributed by atoms with E-state index < -0.39 is 0 Å². The van der Waals surface area contributed by atoms with Gasteiger partial charge in [-0.25, -0.2) is 4.79 Å². The van der Waals surface area contributed by atoms with E-state index in [0.717, 1.165) is 22.3 Å². The third kappa shape index (κ3) is 2.33. The van der Waals surface area contributed by atoms with E-state index in [1.165, 1.54) is 6.07 Å². The van der Waals surface area contributed by atoms with Crippen LogP contribution in [0.25, 0.3) is 22.1 Å². The number of rotatable bonds is 3. The fourth-order valence-corrected chi connectivity index (χ4v) is 2.67. The van der Waals surface area contributed by atoms with E-state index >= 15 is 0 Å². The van der Waals surface area contributed by atoms with E-state index in [2.05, 4.69) is 0 Å². The second-order valence-electron chi connectivity index (χ2n) is 5.01. The highest BCUT2D eigenvalue weighted by Gasteiger charge is 2.15. The molecule has 1 heterocycles. The Bertz CT molecular complexity index is 876. The molecule has 0 unspecified atom stereocenters. The fraction of sp³-hybridized carbons (Fsp3) is 0.167. The summed E-state index contributed by atoms with van der Waals surface area (Å²) in [6, 6.07) is 12.0. The van der Waals surface area contributed by atoms with Crippen LogP contribution in [-0.4, -0.2) is 12.2 Å². The largest absolute Gasteiger partial charge is 0.508 e. The van der Waals surface area contributed by atoms with Crippen LogP contribution in [0.3, 0.4) is 0 Å². The molecular formula is C18H16O4. The zero-order valence-electron chi connectivity index (χ0n) is 12.4. The molecule has 3 aromatic rings. The number of aryl methyl sites for hydroxylation is 1. The lowest BCUT2D eigenvalue weighted by Crippen LogP contribution is -2.07. The average Bonchev–Trinajstić information content (AvgIpc) is 2.54. The molecule has 1 N–H and O–H groups in total. The molecule has 0 saturated carbocycles. The highest BCUT2D eigenvalue weighted by atomic mass is 16.5. The van der Waals surface area contributed by atoms with Gasteiger partial charge in [0.05, 0.1) is 12.7 Å². The molecule has 0 fully saturated rings.